The summed E-state index contributed by atoms with van der Waals surface area (Å²) in [5.74, 6) is 0. The molecule has 0 amide bonds. The number of aryl methyl sites for hydroxylation is 2. The third-order valence-electron chi connectivity index (χ3n) is 3.89. The first-order chi connectivity index (χ1) is 11.1. The summed E-state index contributed by atoms with van der Waals surface area (Å²) in [6.45, 7) is 2.60. The van der Waals surface area contributed by atoms with Gasteiger partial charge in [-0.15, -0.1) is 0 Å². The summed E-state index contributed by atoms with van der Waals surface area (Å²) in [7, 11) is 0. The average Bonchev–Trinajstić information content (AvgIpc) is 2.93. The van der Waals surface area contributed by atoms with Gasteiger partial charge < -0.3 is 10.1 Å². The first-order valence-electron chi connectivity index (χ1n) is 7.53. The van der Waals surface area contributed by atoms with Gasteiger partial charge in [-0.1, -0.05) is 18.2 Å². The molecule has 0 saturated carbocycles. The first-order valence-corrected chi connectivity index (χ1v) is 7.53. The number of hydrogen-bond donors (Lipinski definition) is 1. The van der Waals surface area contributed by atoms with E-state index in [1.807, 2.05) is 31.3 Å². The molecule has 3 rings (SSSR count). The van der Waals surface area contributed by atoms with Crippen LogP contribution in [-0.2, 0) is 6.42 Å². The van der Waals surface area contributed by atoms with Crippen LogP contribution in [-0.4, -0.2) is 20.9 Å². The maximum atomic E-state index is 11.0. The molecule has 0 atom stereocenters. The minimum Gasteiger partial charge on any atom is -0.330 e. The van der Waals surface area contributed by atoms with Gasteiger partial charge in [0.15, 0.2) is 0 Å². The van der Waals surface area contributed by atoms with E-state index in [9.17, 15) is 10.1 Å². The SMILES string of the molecule is Cc1cccn2c(CCCN)c(-c3cccc([N+](=O)[O-])c3)nc12. The highest BCUT2D eigenvalue weighted by Gasteiger charge is 2.16. The number of nitro benzene ring substituents is 1. The van der Waals surface area contributed by atoms with Gasteiger partial charge in [0.2, 0.25) is 0 Å². The maximum absolute atomic E-state index is 11.0. The third-order valence-corrected chi connectivity index (χ3v) is 3.89. The van der Waals surface area contributed by atoms with E-state index in [-0.39, 0.29) is 10.6 Å². The molecule has 0 fully saturated rings. The third kappa shape index (κ3) is 2.80. The molecular weight excluding hydrogens is 292 g/mol. The molecule has 0 unspecified atom stereocenters. The van der Waals surface area contributed by atoms with E-state index in [2.05, 4.69) is 4.40 Å². The summed E-state index contributed by atoms with van der Waals surface area (Å²) in [6, 6.07) is 10.6. The van der Waals surface area contributed by atoms with Gasteiger partial charge in [-0.2, -0.15) is 0 Å². The summed E-state index contributed by atoms with van der Waals surface area (Å²) in [5, 5.41) is 11.0. The number of fused-ring (bicyclic) bond motifs is 1. The zero-order chi connectivity index (χ0) is 16.4. The van der Waals surface area contributed by atoms with E-state index in [0.717, 1.165) is 41.0 Å². The van der Waals surface area contributed by atoms with Crippen LogP contribution in [0.1, 0.15) is 17.7 Å². The summed E-state index contributed by atoms with van der Waals surface area (Å²) >= 11 is 0. The van der Waals surface area contributed by atoms with Crippen LogP contribution in [0, 0.1) is 17.0 Å². The van der Waals surface area contributed by atoms with E-state index in [1.54, 1.807) is 12.1 Å². The standard InChI is InChI=1S/C17H18N4O2/c1-12-5-4-10-20-15(8-3-9-18)16(19-17(12)20)13-6-2-7-14(11-13)21(22)23/h2,4-7,10-11H,3,8-9,18H2,1H3. The molecule has 2 N–H and O–H groups in total. The Hall–Kier alpha value is -2.73. The van der Waals surface area contributed by atoms with Gasteiger partial charge in [0.25, 0.3) is 5.69 Å². The minimum atomic E-state index is -0.385. The first kappa shape index (κ1) is 15.2. The molecule has 2 aromatic heterocycles. The number of rotatable bonds is 5. The lowest BCUT2D eigenvalue weighted by Crippen LogP contribution is -2.03. The van der Waals surface area contributed by atoms with Crippen molar-refractivity contribution in [3.8, 4) is 11.3 Å². The van der Waals surface area contributed by atoms with Crippen LogP contribution >= 0.6 is 0 Å². The van der Waals surface area contributed by atoms with Gasteiger partial charge in [0.05, 0.1) is 16.3 Å². The summed E-state index contributed by atoms with van der Waals surface area (Å²) < 4.78 is 2.05. The van der Waals surface area contributed by atoms with Crippen molar-refractivity contribution in [1.82, 2.24) is 9.38 Å². The number of aromatic nitrogens is 2. The zero-order valence-electron chi connectivity index (χ0n) is 12.9. The number of nitro groups is 1. The minimum absolute atomic E-state index is 0.0704. The molecule has 6 nitrogen and oxygen atoms in total. The highest BCUT2D eigenvalue weighted by molar-refractivity contribution is 5.69. The number of hydrogen-bond acceptors (Lipinski definition) is 4. The normalized spacial score (nSPS) is 11.0. The van der Waals surface area contributed by atoms with E-state index < -0.39 is 0 Å². The molecule has 1 aromatic carbocycles. The zero-order valence-corrected chi connectivity index (χ0v) is 12.9. The lowest BCUT2D eigenvalue weighted by Gasteiger charge is -2.05. The van der Waals surface area contributed by atoms with Crippen LogP contribution in [0.15, 0.2) is 42.6 Å². The van der Waals surface area contributed by atoms with Crippen LogP contribution < -0.4 is 5.73 Å². The number of non-ortho nitro benzene ring substituents is 1. The van der Waals surface area contributed by atoms with Gasteiger partial charge in [0, 0.05) is 23.9 Å². The van der Waals surface area contributed by atoms with Crippen LogP contribution in [0.3, 0.4) is 0 Å². The molecule has 118 valence electrons. The Labute approximate surface area is 133 Å². The Balaban J connectivity index is 2.21. The Morgan fingerprint density at radius 2 is 2.13 bits per heavy atom. The molecule has 0 aliphatic carbocycles. The average molecular weight is 310 g/mol. The lowest BCUT2D eigenvalue weighted by atomic mass is 10.1. The molecule has 0 saturated heterocycles. The fraction of sp³-hybridized carbons (Fsp3) is 0.235. The fourth-order valence-corrected chi connectivity index (χ4v) is 2.76. The Bertz CT molecular complexity index is 870. The topological polar surface area (TPSA) is 86.5 Å². The largest absolute Gasteiger partial charge is 0.330 e. The van der Waals surface area contributed by atoms with E-state index in [1.165, 1.54) is 6.07 Å². The van der Waals surface area contributed by atoms with Crippen molar-refractivity contribution >= 4 is 11.3 Å². The van der Waals surface area contributed by atoms with Crippen LogP contribution in [0.2, 0.25) is 0 Å². The molecular formula is C17H18N4O2. The molecule has 3 aromatic rings. The number of benzene rings is 1. The van der Waals surface area contributed by atoms with Crippen molar-refractivity contribution in [2.75, 3.05) is 6.54 Å². The quantitative estimate of drug-likeness (QED) is 0.579. The molecule has 0 radical (unpaired) electrons. The van der Waals surface area contributed by atoms with Crippen molar-refractivity contribution in [2.45, 2.75) is 19.8 Å². The summed E-state index contributed by atoms with van der Waals surface area (Å²) in [4.78, 5) is 15.4. The van der Waals surface area contributed by atoms with E-state index in [4.69, 9.17) is 10.7 Å². The Morgan fingerprint density at radius 3 is 2.87 bits per heavy atom. The molecule has 2 heterocycles. The second kappa shape index (κ2) is 6.18. The van der Waals surface area contributed by atoms with Crippen molar-refractivity contribution in [1.29, 1.82) is 0 Å². The van der Waals surface area contributed by atoms with Crippen molar-refractivity contribution in [3.05, 3.63) is 64.0 Å². The van der Waals surface area contributed by atoms with Gasteiger partial charge in [-0.05, 0) is 37.9 Å². The molecule has 0 bridgehead atoms. The van der Waals surface area contributed by atoms with Crippen molar-refractivity contribution < 1.29 is 4.92 Å². The van der Waals surface area contributed by atoms with E-state index >= 15 is 0 Å². The van der Waals surface area contributed by atoms with Gasteiger partial charge in [0.1, 0.15) is 5.65 Å². The molecule has 0 aliphatic rings. The number of imidazole rings is 1. The lowest BCUT2D eigenvalue weighted by molar-refractivity contribution is -0.384. The highest BCUT2D eigenvalue weighted by Crippen LogP contribution is 2.29. The van der Waals surface area contributed by atoms with Crippen molar-refractivity contribution in [3.63, 3.8) is 0 Å². The van der Waals surface area contributed by atoms with E-state index in [0.29, 0.717) is 6.54 Å². The fourth-order valence-electron chi connectivity index (χ4n) is 2.76. The Kier molecular flexibility index (Phi) is 4.08. The number of pyridine rings is 1. The van der Waals surface area contributed by atoms with Crippen LogP contribution in [0.4, 0.5) is 5.69 Å². The Morgan fingerprint density at radius 1 is 1.30 bits per heavy atom. The number of nitrogens with zero attached hydrogens (tertiary/aromatic N) is 3. The molecule has 0 spiro atoms. The smallest absolute Gasteiger partial charge is 0.270 e. The second-order valence-electron chi connectivity index (χ2n) is 5.49. The molecule has 6 heteroatoms. The van der Waals surface area contributed by atoms with Gasteiger partial charge >= 0.3 is 0 Å². The number of nitrogens with two attached hydrogens (primary N) is 1. The van der Waals surface area contributed by atoms with Crippen LogP contribution in [0.5, 0.6) is 0 Å². The summed E-state index contributed by atoms with van der Waals surface area (Å²) in [5.41, 5.74) is 10.3. The van der Waals surface area contributed by atoms with Crippen molar-refractivity contribution in [2.24, 2.45) is 5.73 Å². The van der Waals surface area contributed by atoms with Gasteiger partial charge in [-0.3, -0.25) is 10.1 Å². The summed E-state index contributed by atoms with van der Waals surface area (Å²) in [6.07, 6.45) is 3.59. The highest BCUT2D eigenvalue weighted by atomic mass is 16.6. The van der Waals surface area contributed by atoms with Gasteiger partial charge in [-0.25, -0.2) is 4.98 Å². The predicted molar refractivity (Wildman–Crippen MR) is 89.4 cm³/mol. The van der Waals surface area contributed by atoms with Crippen LogP contribution in [0.25, 0.3) is 16.9 Å². The molecule has 23 heavy (non-hydrogen) atoms. The monoisotopic (exact) mass is 310 g/mol. The second-order valence-corrected chi connectivity index (χ2v) is 5.49. The maximum Gasteiger partial charge on any atom is 0.270 e. The predicted octanol–water partition coefficient (Wildman–Crippen LogP) is 3.11. The molecule has 0 aliphatic heterocycles.